The predicted molar refractivity (Wildman–Crippen MR) is 70.5 cm³/mol. The molecule has 21 heavy (non-hydrogen) atoms. The highest BCUT2D eigenvalue weighted by molar-refractivity contribution is 5.98. The largest absolute Gasteiger partial charge is 0.573 e. The fourth-order valence-electron chi connectivity index (χ4n) is 2.43. The van der Waals surface area contributed by atoms with Crippen molar-refractivity contribution in [2.24, 2.45) is 0 Å². The van der Waals surface area contributed by atoms with E-state index in [1.807, 2.05) is 0 Å². The SMILES string of the molecule is COC(=O)C1=C(c2ccc(OC(F)(F)F)cc2)CCCC1. The van der Waals surface area contributed by atoms with Crippen LogP contribution in [0.25, 0.3) is 5.57 Å². The van der Waals surface area contributed by atoms with Gasteiger partial charge in [0.05, 0.1) is 7.11 Å². The standard InChI is InChI=1S/C15H15F3O3/c1-20-14(19)13-5-3-2-4-12(13)10-6-8-11(9-7-10)21-15(16,17)18/h6-9H,2-5H2,1H3. The lowest BCUT2D eigenvalue weighted by Crippen LogP contribution is -2.17. The van der Waals surface area contributed by atoms with E-state index in [2.05, 4.69) is 4.74 Å². The summed E-state index contributed by atoms with van der Waals surface area (Å²) in [5, 5.41) is 0. The number of rotatable bonds is 3. The van der Waals surface area contributed by atoms with Gasteiger partial charge in [-0.15, -0.1) is 13.2 Å². The van der Waals surface area contributed by atoms with Gasteiger partial charge in [0, 0.05) is 5.57 Å². The molecule has 0 spiro atoms. The molecule has 2 rings (SSSR count). The average molecular weight is 300 g/mol. The second-order valence-electron chi connectivity index (χ2n) is 4.73. The Morgan fingerprint density at radius 3 is 2.29 bits per heavy atom. The van der Waals surface area contributed by atoms with Gasteiger partial charge in [-0.05, 0) is 49.0 Å². The van der Waals surface area contributed by atoms with E-state index in [4.69, 9.17) is 4.74 Å². The quantitative estimate of drug-likeness (QED) is 0.789. The Labute approximate surface area is 120 Å². The van der Waals surface area contributed by atoms with Crippen molar-refractivity contribution >= 4 is 11.5 Å². The van der Waals surface area contributed by atoms with E-state index in [9.17, 15) is 18.0 Å². The van der Waals surface area contributed by atoms with Gasteiger partial charge in [-0.1, -0.05) is 12.1 Å². The van der Waals surface area contributed by atoms with Crippen LogP contribution in [0.5, 0.6) is 5.75 Å². The smallest absolute Gasteiger partial charge is 0.466 e. The first-order valence-corrected chi connectivity index (χ1v) is 6.57. The van der Waals surface area contributed by atoms with Gasteiger partial charge in [0.2, 0.25) is 0 Å². The maximum absolute atomic E-state index is 12.1. The number of benzene rings is 1. The topological polar surface area (TPSA) is 35.5 Å². The Hall–Kier alpha value is -1.98. The third-order valence-corrected chi connectivity index (χ3v) is 3.34. The highest BCUT2D eigenvalue weighted by Crippen LogP contribution is 2.34. The lowest BCUT2D eigenvalue weighted by atomic mass is 9.87. The summed E-state index contributed by atoms with van der Waals surface area (Å²) in [6.07, 6.45) is -1.52. The van der Waals surface area contributed by atoms with E-state index in [1.54, 1.807) is 0 Å². The lowest BCUT2D eigenvalue weighted by molar-refractivity contribution is -0.274. The van der Waals surface area contributed by atoms with Crippen molar-refractivity contribution < 1.29 is 27.4 Å². The second kappa shape index (κ2) is 6.20. The Balaban J connectivity index is 2.27. The van der Waals surface area contributed by atoms with Crippen LogP contribution < -0.4 is 4.74 Å². The van der Waals surface area contributed by atoms with Crippen LogP contribution in [0.2, 0.25) is 0 Å². The van der Waals surface area contributed by atoms with Crippen LogP contribution in [0.4, 0.5) is 13.2 Å². The molecule has 114 valence electrons. The lowest BCUT2D eigenvalue weighted by Gasteiger charge is -2.19. The molecule has 0 saturated carbocycles. The van der Waals surface area contributed by atoms with Crippen LogP contribution in [0, 0.1) is 0 Å². The first-order valence-electron chi connectivity index (χ1n) is 6.57. The molecule has 0 atom stereocenters. The minimum atomic E-state index is -4.71. The molecule has 0 unspecified atom stereocenters. The molecule has 0 saturated heterocycles. The molecule has 1 aliphatic carbocycles. The van der Waals surface area contributed by atoms with Crippen LogP contribution in [0.15, 0.2) is 29.8 Å². The van der Waals surface area contributed by atoms with Crippen molar-refractivity contribution in [2.45, 2.75) is 32.0 Å². The zero-order valence-corrected chi connectivity index (χ0v) is 11.5. The van der Waals surface area contributed by atoms with Gasteiger partial charge in [-0.2, -0.15) is 0 Å². The summed E-state index contributed by atoms with van der Waals surface area (Å²) in [5.74, 6) is -0.650. The summed E-state index contributed by atoms with van der Waals surface area (Å²) in [7, 11) is 1.32. The molecule has 0 amide bonds. The fourth-order valence-corrected chi connectivity index (χ4v) is 2.43. The third-order valence-electron chi connectivity index (χ3n) is 3.34. The molecular weight excluding hydrogens is 285 g/mol. The number of ether oxygens (including phenoxy) is 2. The summed E-state index contributed by atoms with van der Waals surface area (Å²) in [5.41, 5.74) is 2.17. The van der Waals surface area contributed by atoms with E-state index in [0.29, 0.717) is 18.4 Å². The summed E-state index contributed by atoms with van der Waals surface area (Å²) >= 11 is 0. The van der Waals surface area contributed by atoms with Gasteiger partial charge >= 0.3 is 12.3 Å². The molecule has 0 bridgehead atoms. The number of halogens is 3. The molecule has 1 aromatic carbocycles. The molecular formula is C15H15F3O3. The van der Waals surface area contributed by atoms with E-state index >= 15 is 0 Å². The number of carbonyl (C=O) groups is 1. The fraction of sp³-hybridized carbons (Fsp3) is 0.400. The monoisotopic (exact) mass is 300 g/mol. The van der Waals surface area contributed by atoms with Crippen molar-refractivity contribution in [3.63, 3.8) is 0 Å². The van der Waals surface area contributed by atoms with Gasteiger partial charge < -0.3 is 9.47 Å². The summed E-state index contributed by atoms with van der Waals surface area (Å²) in [4.78, 5) is 11.8. The normalized spacial score (nSPS) is 15.8. The summed E-state index contributed by atoms with van der Waals surface area (Å²) < 4.78 is 44.9. The number of esters is 1. The van der Waals surface area contributed by atoms with Crippen molar-refractivity contribution in [1.29, 1.82) is 0 Å². The van der Waals surface area contributed by atoms with Crippen LogP contribution in [-0.4, -0.2) is 19.4 Å². The summed E-state index contributed by atoms with van der Waals surface area (Å²) in [6.45, 7) is 0. The van der Waals surface area contributed by atoms with Gasteiger partial charge in [0.15, 0.2) is 0 Å². The number of allylic oxidation sites excluding steroid dienone is 1. The van der Waals surface area contributed by atoms with Crippen LogP contribution >= 0.6 is 0 Å². The molecule has 0 fully saturated rings. The molecule has 0 heterocycles. The highest BCUT2D eigenvalue weighted by atomic mass is 19.4. The second-order valence-corrected chi connectivity index (χ2v) is 4.73. The molecule has 0 aliphatic heterocycles. The van der Waals surface area contributed by atoms with Crippen LogP contribution in [-0.2, 0) is 9.53 Å². The minimum absolute atomic E-state index is 0.276. The average Bonchev–Trinajstić information content (AvgIpc) is 2.45. The van der Waals surface area contributed by atoms with Crippen molar-refractivity contribution in [3.05, 3.63) is 35.4 Å². The maximum Gasteiger partial charge on any atom is 0.573 e. The van der Waals surface area contributed by atoms with Gasteiger partial charge in [-0.3, -0.25) is 0 Å². The first kappa shape index (κ1) is 15.4. The maximum atomic E-state index is 12.1. The molecule has 1 aliphatic rings. The van der Waals surface area contributed by atoms with Crippen molar-refractivity contribution in [3.8, 4) is 5.75 Å². The minimum Gasteiger partial charge on any atom is -0.466 e. The van der Waals surface area contributed by atoms with Crippen molar-refractivity contribution in [2.75, 3.05) is 7.11 Å². The molecule has 0 radical (unpaired) electrons. The first-order chi connectivity index (χ1) is 9.90. The van der Waals surface area contributed by atoms with Crippen molar-refractivity contribution in [1.82, 2.24) is 0 Å². The Kier molecular flexibility index (Phi) is 4.55. The third kappa shape index (κ3) is 4.00. The molecule has 0 N–H and O–H groups in total. The Morgan fingerprint density at radius 1 is 1.10 bits per heavy atom. The number of alkyl halides is 3. The van der Waals surface area contributed by atoms with E-state index in [-0.39, 0.29) is 11.7 Å². The number of hydrogen-bond acceptors (Lipinski definition) is 3. The molecule has 6 heteroatoms. The highest BCUT2D eigenvalue weighted by Gasteiger charge is 2.31. The summed E-state index contributed by atoms with van der Waals surface area (Å²) in [6, 6.07) is 5.56. The molecule has 0 aromatic heterocycles. The Bertz CT molecular complexity index is 544. The Morgan fingerprint density at radius 2 is 1.71 bits per heavy atom. The molecule has 1 aromatic rings. The number of hydrogen-bond donors (Lipinski definition) is 0. The van der Waals surface area contributed by atoms with Crippen LogP contribution in [0.3, 0.4) is 0 Å². The van der Waals surface area contributed by atoms with E-state index in [0.717, 1.165) is 24.0 Å². The molecule has 3 nitrogen and oxygen atoms in total. The zero-order chi connectivity index (χ0) is 15.5. The zero-order valence-electron chi connectivity index (χ0n) is 11.5. The predicted octanol–water partition coefficient (Wildman–Crippen LogP) is 4.09. The van der Waals surface area contributed by atoms with E-state index < -0.39 is 6.36 Å². The van der Waals surface area contributed by atoms with Gasteiger partial charge in [-0.25, -0.2) is 4.79 Å². The van der Waals surface area contributed by atoms with Gasteiger partial charge in [0.25, 0.3) is 0 Å². The van der Waals surface area contributed by atoms with Gasteiger partial charge in [0.1, 0.15) is 5.75 Å². The van der Waals surface area contributed by atoms with E-state index in [1.165, 1.54) is 31.4 Å². The van der Waals surface area contributed by atoms with Crippen LogP contribution in [0.1, 0.15) is 31.2 Å². The number of methoxy groups -OCH3 is 1. The number of carbonyl (C=O) groups excluding carboxylic acids is 1.